The van der Waals surface area contributed by atoms with E-state index in [-0.39, 0.29) is 18.2 Å². The van der Waals surface area contributed by atoms with Gasteiger partial charge in [-0.2, -0.15) is 0 Å². The van der Waals surface area contributed by atoms with Crippen molar-refractivity contribution in [2.45, 2.75) is 25.0 Å². The van der Waals surface area contributed by atoms with E-state index in [2.05, 4.69) is 5.32 Å². The second-order valence-corrected chi connectivity index (χ2v) is 6.29. The number of nitrogens with one attached hydrogen (secondary N) is 1. The molecule has 2 aromatic carbocycles. The highest BCUT2D eigenvalue weighted by molar-refractivity contribution is 5.94. The van der Waals surface area contributed by atoms with E-state index in [0.717, 1.165) is 5.56 Å². The molecule has 1 unspecified atom stereocenters. The average Bonchev–Trinajstić information content (AvgIpc) is 3.09. The standard InChI is InChI=1S/C20H22N2O3/c23-17-11-12-22(14-17)19(24)13-18(15-7-3-1-4-8-15)21-20(25)16-9-5-2-6-10-16/h1-10,17-18,23H,11-14H2,(H,21,25)/t17-,18?/m1/s1. The maximum Gasteiger partial charge on any atom is 0.251 e. The highest BCUT2D eigenvalue weighted by Gasteiger charge is 2.27. The number of hydrogen-bond acceptors (Lipinski definition) is 3. The number of aliphatic hydroxyl groups is 1. The van der Waals surface area contributed by atoms with Crippen molar-refractivity contribution in [1.82, 2.24) is 10.2 Å². The lowest BCUT2D eigenvalue weighted by molar-refractivity contribution is -0.131. The summed E-state index contributed by atoms with van der Waals surface area (Å²) in [5.74, 6) is -0.262. The molecule has 1 aliphatic rings. The maximum absolute atomic E-state index is 12.6. The molecule has 0 aromatic heterocycles. The molecule has 130 valence electrons. The lowest BCUT2D eigenvalue weighted by Crippen LogP contribution is -2.35. The SMILES string of the molecule is O=C(NC(CC(=O)N1CC[C@@H](O)C1)c1ccccc1)c1ccccc1. The number of aliphatic hydroxyl groups excluding tert-OH is 1. The van der Waals surface area contributed by atoms with E-state index < -0.39 is 12.1 Å². The van der Waals surface area contributed by atoms with Crippen LogP contribution in [0.3, 0.4) is 0 Å². The van der Waals surface area contributed by atoms with Crippen LogP contribution in [0.5, 0.6) is 0 Å². The van der Waals surface area contributed by atoms with E-state index in [1.54, 1.807) is 17.0 Å². The van der Waals surface area contributed by atoms with Gasteiger partial charge in [0.25, 0.3) is 5.91 Å². The van der Waals surface area contributed by atoms with E-state index in [1.807, 2.05) is 48.5 Å². The number of carbonyl (C=O) groups is 2. The third-order valence-corrected chi connectivity index (χ3v) is 4.44. The zero-order valence-electron chi connectivity index (χ0n) is 14.0. The number of carbonyl (C=O) groups excluding carboxylic acids is 2. The molecule has 2 aromatic rings. The molecule has 3 rings (SSSR count). The van der Waals surface area contributed by atoms with Gasteiger partial charge in [-0.15, -0.1) is 0 Å². The zero-order valence-corrected chi connectivity index (χ0v) is 14.0. The number of nitrogens with zero attached hydrogens (tertiary/aromatic N) is 1. The second-order valence-electron chi connectivity index (χ2n) is 6.29. The molecular formula is C20H22N2O3. The van der Waals surface area contributed by atoms with Gasteiger partial charge in [-0.05, 0) is 24.1 Å². The molecule has 0 saturated carbocycles. The molecule has 0 spiro atoms. The zero-order chi connectivity index (χ0) is 17.6. The Balaban J connectivity index is 1.74. The summed E-state index contributed by atoms with van der Waals surface area (Å²) in [5.41, 5.74) is 1.45. The number of likely N-dealkylation sites (tertiary alicyclic amines) is 1. The van der Waals surface area contributed by atoms with Crippen LogP contribution in [0.15, 0.2) is 60.7 Å². The van der Waals surface area contributed by atoms with Crippen LogP contribution >= 0.6 is 0 Å². The molecule has 1 fully saturated rings. The second kappa shape index (κ2) is 7.94. The minimum atomic E-state index is -0.446. The van der Waals surface area contributed by atoms with Crippen molar-refractivity contribution in [3.05, 3.63) is 71.8 Å². The van der Waals surface area contributed by atoms with Gasteiger partial charge >= 0.3 is 0 Å². The summed E-state index contributed by atoms with van der Waals surface area (Å²) < 4.78 is 0. The fourth-order valence-corrected chi connectivity index (χ4v) is 3.04. The van der Waals surface area contributed by atoms with Crippen LogP contribution in [0.2, 0.25) is 0 Å². The summed E-state index contributed by atoms with van der Waals surface area (Å²) in [6.07, 6.45) is 0.339. The normalized spacial score (nSPS) is 18.0. The molecule has 2 N–H and O–H groups in total. The molecule has 25 heavy (non-hydrogen) atoms. The molecule has 1 heterocycles. The van der Waals surface area contributed by atoms with E-state index in [4.69, 9.17) is 0 Å². The Bertz CT molecular complexity index is 718. The minimum Gasteiger partial charge on any atom is -0.391 e. The van der Waals surface area contributed by atoms with Gasteiger partial charge in [0.2, 0.25) is 5.91 Å². The Labute approximate surface area is 147 Å². The largest absolute Gasteiger partial charge is 0.391 e. The van der Waals surface area contributed by atoms with Crippen molar-refractivity contribution < 1.29 is 14.7 Å². The van der Waals surface area contributed by atoms with Gasteiger partial charge in [-0.3, -0.25) is 9.59 Å². The first-order chi connectivity index (χ1) is 12.1. The summed E-state index contributed by atoms with van der Waals surface area (Å²) in [5, 5.41) is 12.6. The van der Waals surface area contributed by atoms with Crippen LogP contribution in [0.1, 0.15) is 34.8 Å². The molecule has 1 aliphatic heterocycles. The Morgan fingerprint density at radius 3 is 2.32 bits per heavy atom. The molecule has 2 atom stereocenters. The maximum atomic E-state index is 12.6. The van der Waals surface area contributed by atoms with Gasteiger partial charge in [0.15, 0.2) is 0 Å². The molecule has 2 amide bonds. The van der Waals surface area contributed by atoms with E-state index >= 15 is 0 Å². The fraction of sp³-hybridized carbons (Fsp3) is 0.300. The predicted molar refractivity (Wildman–Crippen MR) is 94.9 cm³/mol. The van der Waals surface area contributed by atoms with Crippen LogP contribution in [-0.4, -0.2) is 41.0 Å². The van der Waals surface area contributed by atoms with E-state index in [9.17, 15) is 14.7 Å². The highest BCUT2D eigenvalue weighted by atomic mass is 16.3. The highest BCUT2D eigenvalue weighted by Crippen LogP contribution is 2.20. The Hall–Kier alpha value is -2.66. The first-order valence-electron chi connectivity index (χ1n) is 8.50. The number of benzene rings is 2. The molecular weight excluding hydrogens is 316 g/mol. The average molecular weight is 338 g/mol. The molecule has 5 heteroatoms. The van der Waals surface area contributed by atoms with Gasteiger partial charge in [-0.25, -0.2) is 0 Å². The smallest absolute Gasteiger partial charge is 0.251 e. The fourth-order valence-electron chi connectivity index (χ4n) is 3.04. The number of rotatable bonds is 5. The number of hydrogen-bond donors (Lipinski definition) is 2. The Kier molecular flexibility index (Phi) is 5.46. The summed E-state index contributed by atoms with van der Waals surface area (Å²) >= 11 is 0. The van der Waals surface area contributed by atoms with Crippen molar-refractivity contribution in [1.29, 1.82) is 0 Å². The molecule has 0 aliphatic carbocycles. The summed E-state index contributed by atoms with van der Waals surface area (Å²) in [6, 6.07) is 18.1. The van der Waals surface area contributed by atoms with Crippen molar-refractivity contribution in [2.24, 2.45) is 0 Å². The van der Waals surface area contributed by atoms with Gasteiger partial charge in [0, 0.05) is 18.7 Å². The number of β-amino-alcohol motifs (C(OH)–C–C–N with tert-alkyl or cyclic N) is 1. The van der Waals surface area contributed by atoms with Crippen molar-refractivity contribution in [2.75, 3.05) is 13.1 Å². The van der Waals surface area contributed by atoms with Gasteiger partial charge in [-0.1, -0.05) is 48.5 Å². The van der Waals surface area contributed by atoms with Crippen molar-refractivity contribution in [3.8, 4) is 0 Å². The van der Waals surface area contributed by atoms with Gasteiger partial charge in [0.1, 0.15) is 0 Å². The van der Waals surface area contributed by atoms with Gasteiger partial charge < -0.3 is 15.3 Å². The number of amides is 2. The van der Waals surface area contributed by atoms with Crippen LogP contribution in [0, 0.1) is 0 Å². The summed E-state index contributed by atoms with van der Waals surface area (Å²) in [6.45, 7) is 0.932. The topological polar surface area (TPSA) is 69.6 Å². The van der Waals surface area contributed by atoms with Gasteiger partial charge in [0.05, 0.1) is 18.6 Å². The molecule has 1 saturated heterocycles. The van der Waals surface area contributed by atoms with Crippen LogP contribution < -0.4 is 5.32 Å². The lowest BCUT2D eigenvalue weighted by atomic mass is 10.0. The molecule has 0 bridgehead atoms. The third-order valence-electron chi connectivity index (χ3n) is 4.44. The minimum absolute atomic E-state index is 0.0567. The van der Waals surface area contributed by atoms with Crippen LogP contribution in [-0.2, 0) is 4.79 Å². The predicted octanol–water partition coefficient (Wildman–Crippen LogP) is 2.14. The quantitative estimate of drug-likeness (QED) is 0.877. The lowest BCUT2D eigenvalue weighted by Gasteiger charge is -2.22. The van der Waals surface area contributed by atoms with Crippen molar-refractivity contribution >= 4 is 11.8 Å². The van der Waals surface area contributed by atoms with Crippen molar-refractivity contribution in [3.63, 3.8) is 0 Å². The first-order valence-corrected chi connectivity index (χ1v) is 8.50. The first kappa shape index (κ1) is 17.2. The molecule has 5 nitrogen and oxygen atoms in total. The van der Waals surface area contributed by atoms with Crippen LogP contribution in [0.25, 0.3) is 0 Å². The summed E-state index contributed by atoms with van der Waals surface area (Å²) in [4.78, 5) is 26.7. The monoisotopic (exact) mass is 338 g/mol. The third kappa shape index (κ3) is 4.45. The molecule has 0 radical (unpaired) electrons. The van der Waals surface area contributed by atoms with E-state index in [0.29, 0.717) is 25.1 Å². The van der Waals surface area contributed by atoms with Crippen LogP contribution in [0.4, 0.5) is 0 Å². The Morgan fingerprint density at radius 2 is 1.72 bits per heavy atom. The Morgan fingerprint density at radius 1 is 1.08 bits per heavy atom. The van der Waals surface area contributed by atoms with E-state index in [1.165, 1.54) is 0 Å². The summed E-state index contributed by atoms with van der Waals surface area (Å²) in [7, 11) is 0.